The molecule has 1 aliphatic rings. The van der Waals surface area contributed by atoms with E-state index in [1.807, 2.05) is 0 Å². The lowest BCUT2D eigenvalue weighted by Gasteiger charge is -2.22. The van der Waals surface area contributed by atoms with E-state index < -0.39 is 0 Å². The van der Waals surface area contributed by atoms with Gasteiger partial charge in [-0.3, -0.25) is 4.57 Å². The molecule has 1 aliphatic heterocycles. The van der Waals surface area contributed by atoms with Gasteiger partial charge in [0, 0.05) is 12.7 Å². The highest BCUT2D eigenvalue weighted by Gasteiger charge is 2.17. The zero-order valence-corrected chi connectivity index (χ0v) is 9.56. The Balaban J connectivity index is 1.93. The van der Waals surface area contributed by atoms with Gasteiger partial charge in [-0.25, -0.2) is 9.78 Å². The third kappa shape index (κ3) is 1.98. The highest BCUT2D eigenvalue weighted by atomic mass is 16.4. The molecular formula is C12H15N3O2. The van der Waals surface area contributed by atoms with Gasteiger partial charge in [-0.15, -0.1) is 0 Å². The molecule has 90 valence electrons. The SMILES string of the molecule is O=c1oc2cccnc2n1CC1CCCNC1. The Morgan fingerprint density at radius 3 is 3.35 bits per heavy atom. The number of hydrogen-bond acceptors (Lipinski definition) is 4. The minimum absolute atomic E-state index is 0.302. The van der Waals surface area contributed by atoms with Gasteiger partial charge in [0.15, 0.2) is 11.2 Å². The molecule has 3 rings (SSSR count). The van der Waals surface area contributed by atoms with Gasteiger partial charge >= 0.3 is 5.76 Å². The smallest absolute Gasteiger partial charge is 0.406 e. The second-order valence-electron chi connectivity index (χ2n) is 4.52. The molecule has 3 heterocycles. The Labute approximate surface area is 98.5 Å². The summed E-state index contributed by atoms with van der Waals surface area (Å²) in [5.74, 6) is 0.188. The topological polar surface area (TPSA) is 60.1 Å². The molecule has 0 aliphatic carbocycles. The Hall–Kier alpha value is -1.62. The molecule has 5 nitrogen and oxygen atoms in total. The monoisotopic (exact) mass is 233 g/mol. The normalized spacial score (nSPS) is 20.8. The van der Waals surface area contributed by atoms with Crippen LogP contribution < -0.4 is 11.1 Å². The van der Waals surface area contributed by atoms with Crippen molar-refractivity contribution in [3.63, 3.8) is 0 Å². The highest BCUT2D eigenvalue weighted by molar-refractivity contribution is 5.67. The molecule has 1 unspecified atom stereocenters. The van der Waals surface area contributed by atoms with Gasteiger partial charge in [0.2, 0.25) is 0 Å². The number of nitrogens with zero attached hydrogens (tertiary/aromatic N) is 2. The minimum atomic E-state index is -0.302. The van der Waals surface area contributed by atoms with E-state index in [0.717, 1.165) is 19.5 Å². The molecular weight excluding hydrogens is 218 g/mol. The van der Waals surface area contributed by atoms with Crippen LogP contribution in [0.4, 0.5) is 0 Å². The van der Waals surface area contributed by atoms with Crippen LogP contribution in [0.3, 0.4) is 0 Å². The van der Waals surface area contributed by atoms with Crippen molar-refractivity contribution in [1.29, 1.82) is 0 Å². The molecule has 0 spiro atoms. The van der Waals surface area contributed by atoms with E-state index >= 15 is 0 Å². The lowest BCUT2D eigenvalue weighted by Crippen LogP contribution is -2.33. The molecule has 0 aromatic carbocycles. The number of pyridine rings is 1. The Morgan fingerprint density at radius 1 is 1.59 bits per heavy atom. The third-order valence-electron chi connectivity index (χ3n) is 3.26. The number of oxazole rings is 1. The first-order chi connectivity index (χ1) is 8.34. The van der Waals surface area contributed by atoms with Crippen molar-refractivity contribution in [2.45, 2.75) is 19.4 Å². The van der Waals surface area contributed by atoms with Crippen LogP contribution in [-0.4, -0.2) is 22.6 Å². The maximum Gasteiger partial charge on any atom is 0.421 e. The van der Waals surface area contributed by atoms with Crippen LogP contribution in [0.5, 0.6) is 0 Å². The first-order valence-electron chi connectivity index (χ1n) is 5.99. The number of aromatic nitrogens is 2. The zero-order valence-electron chi connectivity index (χ0n) is 9.56. The van der Waals surface area contributed by atoms with Gasteiger partial charge in [-0.05, 0) is 44.0 Å². The molecule has 17 heavy (non-hydrogen) atoms. The number of fused-ring (bicyclic) bond motifs is 1. The van der Waals surface area contributed by atoms with Crippen LogP contribution in [0.25, 0.3) is 11.2 Å². The summed E-state index contributed by atoms with van der Waals surface area (Å²) in [5, 5.41) is 3.35. The average molecular weight is 233 g/mol. The van der Waals surface area contributed by atoms with Crippen molar-refractivity contribution >= 4 is 11.2 Å². The average Bonchev–Trinajstić information content (AvgIpc) is 2.68. The number of rotatable bonds is 2. The molecule has 1 saturated heterocycles. The van der Waals surface area contributed by atoms with E-state index in [0.29, 0.717) is 23.7 Å². The van der Waals surface area contributed by atoms with Crippen LogP contribution in [0.15, 0.2) is 27.5 Å². The van der Waals surface area contributed by atoms with Crippen LogP contribution in [0.1, 0.15) is 12.8 Å². The summed E-state index contributed by atoms with van der Waals surface area (Å²) in [4.78, 5) is 16.0. The van der Waals surface area contributed by atoms with Crippen LogP contribution >= 0.6 is 0 Å². The van der Waals surface area contributed by atoms with Crippen molar-refractivity contribution in [3.05, 3.63) is 28.9 Å². The first kappa shape index (κ1) is 10.5. The van der Waals surface area contributed by atoms with E-state index in [2.05, 4.69) is 10.3 Å². The standard InChI is InChI=1S/C12H15N3O2/c16-12-15(8-9-3-1-5-13-7-9)11-10(17-12)4-2-6-14-11/h2,4,6,9,13H,1,3,5,7-8H2. The molecule has 0 radical (unpaired) electrons. The second-order valence-corrected chi connectivity index (χ2v) is 4.52. The maximum absolute atomic E-state index is 11.7. The molecule has 1 atom stereocenters. The predicted octanol–water partition coefficient (Wildman–Crippen LogP) is 0.989. The van der Waals surface area contributed by atoms with Gasteiger partial charge in [0.1, 0.15) is 0 Å². The summed E-state index contributed by atoms with van der Waals surface area (Å²) in [6, 6.07) is 3.55. The van der Waals surface area contributed by atoms with Crippen molar-refractivity contribution in [3.8, 4) is 0 Å². The summed E-state index contributed by atoms with van der Waals surface area (Å²) in [7, 11) is 0. The third-order valence-corrected chi connectivity index (χ3v) is 3.26. The fourth-order valence-corrected chi connectivity index (χ4v) is 2.40. The molecule has 2 aromatic heterocycles. The largest absolute Gasteiger partial charge is 0.421 e. The van der Waals surface area contributed by atoms with Crippen molar-refractivity contribution in [2.75, 3.05) is 13.1 Å². The predicted molar refractivity (Wildman–Crippen MR) is 63.9 cm³/mol. The fourth-order valence-electron chi connectivity index (χ4n) is 2.40. The first-order valence-corrected chi connectivity index (χ1v) is 5.99. The van der Waals surface area contributed by atoms with Crippen LogP contribution in [0, 0.1) is 5.92 Å². The maximum atomic E-state index is 11.7. The number of nitrogens with one attached hydrogen (secondary N) is 1. The molecule has 0 amide bonds. The van der Waals surface area contributed by atoms with Crippen LogP contribution in [-0.2, 0) is 6.54 Å². The molecule has 1 fully saturated rings. The summed E-state index contributed by atoms with van der Waals surface area (Å²) in [5.41, 5.74) is 1.23. The Morgan fingerprint density at radius 2 is 2.53 bits per heavy atom. The van der Waals surface area contributed by atoms with Gasteiger partial charge in [-0.2, -0.15) is 0 Å². The van der Waals surface area contributed by atoms with Gasteiger partial charge in [0.05, 0.1) is 0 Å². The van der Waals surface area contributed by atoms with E-state index in [1.54, 1.807) is 22.9 Å². The van der Waals surface area contributed by atoms with Crippen molar-refractivity contribution in [2.24, 2.45) is 5.92 Å². The zero-order chi connectivity index (χ0) is 11.7. The fraction of sp³-hybridized carbons (Fsp3) is 0.500. The lowest BCUT2D eigenvalue weighted by atomic mass is 10.00. The molecule has 2 aromatic rings. The minimum Gasteiger partial charge on any atom is -0.406 e. The summed E-state index contributed by atoms with van der Waals surface area (Å²) >= 11 is 0. The Bertz CT molecular complexity index is 566. The molecule has 0 saturated carbocycles. The summed E-state index contributed by atoms with van der Waals surface area (Å²) in [6.07, 6.45) is 4.01. The van der Waals surface area contributed by atoms with Crippen LogP contribution in [0.2, 0.25) is 0 Å². The quantitative estimate of drug-likeness (QED) is 0.840. The summed E-state index contributed by atoms with van der Waals surface area (Å²) in [6.45, 7) is 2.73. The van der Waals surface area contributed by atoms with E-state index in [4.69, 9.17) is 4.42 Å². The van der Waals surface area contributed by atoms with E-state index in [-0.39, 0.29) is 5.76 Å². The molecule has 0 bridgehead atoms. The highest BCUT2D eigenvalue weighted by Crippen LogP contribution is 2.15. The molecule has 1 N–H and O–H groups in total. The second kappa shape index (κ2) is 4.33. The lowest BCUT2D eigenvalue weighted by molar-refractivity contribution is 0.328. The number of hydrogen-bond donors (Lipinski definition) is 1. The van der Waals surface area contributed by atoms with Crippen molar-refractivity contribution < 1.29 is 4.42 Å². The number of piperidine rings is 1. The van der Waals surface area contributed by atoms with E-state index in [1.165, 1.54) is 6.42 Å². The van der Waals surface area contributed by atoms with E-state index in [9.17, 15) is 4.79 Å². The van der Waals surface area contributed by atoms with Crippen molar-refractivity contribution in [1.82, 2.24) is 14.9 Å². The van der Waals surface area contributed by atoms with Gasteiger partial charge in [0.25, 0.3) is 0 Å². The van der Waals surface area contributed by atoms with Gasteiger partial charge in [-0.1, -0.05) is 0 Å². The molecule has 5 heteroatoms. The van der Waals surface area contributed by atoms with Gasteiger partial charge < -0.3 is 9.73 Å². The Kier molecular flexibility index (Phi) is 2.68. The summed E-state index contributed by atoms with van der Waals surface area (Å²) < 4.78 is 6.81.